The molecule has 0 heterocycles. The Morgan fingerprint density at radius 1 is 1.30 bits per heavy atom. The summed E-state index contributed by atoms with van der Waals surface area (Å²) in [5.74, 6) is 0. The van der Waals surface area contributed by atoms with E-state index < -0.39 is 17.5 Å². The van der Waals surface area contributed by atoms with Crippen LogP contribution >= 0.6 is 25.6 Å². The summed E-state index contributed by atoms with van der Waals surface area (Å²) < 4.78 is 7.38. The summed E-state index contributed by atoms with van der Waals surface area (Å²) in [6, 6.07) is 0. The van der Waals surface area contributed by atoms with Crippen LogP contribution in [0.5, 0.6) is 0 Å². The molecule has 0 aliphatic heterocycles. The molecule has 0 atom stereocenters. The van der Waals surface area contributed by atoms with Crippen LogP contribution in [-0.4, -0.2) is 20.9 Å². The first-order valence-electron chi connectivity index (χ1n) is 3.22. The summed E-state index contributed by atoms with van der Waals surface area (Å²) in [7, 11) is -2.65. The average Bonchev–Trinajstić information content (AvgIpc) is 1.60. The van der Waals surface area contributed by atoms with Crippen molar-refractivity contribution >= 4 is 43.1 Å². The van der Waals surface area contributed by atoms with Crippen LogP contribution in [0.3, 0.4) is 0 Å². The first-order chi connectivity index (χ1) is 4.36. The molecule has 0 aliphatic carbocycles. The Morgan fingerprint density at radius 2 is 1.70 bits per heavy atom. The van der Waals surface area contributed by atoms with Crippen molar-refractivity contribution in [3.63, 3.8) is 0 Å². The van der Waals surface area contributed by atoms with E-state index in [0.29, 0.717) is 0 Å². The standard InChI is InChI=1S/C4H15NOS2Si2/c1-9(2)6-10(3,4)5(7)8/h7-9H,1-4H3. The number of nitrogens with zero attached hydrogens (tertiary/aromatic N) is 1. The molecule has 0 amide bonds. The van der Waals surface area contributed by atoms with Crippen molar-refractivity contribution in [3.8, 4) is 0 Å². The van der Waals surface area contributed by atoms with Gasteiger partial charge in [0.1, 0.15) is 0 Å². The Bertz CT molecular complexity index is 109. The highest BCUT2D eigenvalue weighted by atomic mass is 32.2. The number of rotatable bonds is 3. The van der Waals surface area contributed by atoms with Crippen LogP contribution in [0.15, 0.2) is 0 Å². The van der Waals surface area contributed by atoms with E-state index in [-0.39, 0.29) is 0 Å². The highest BCUT2D eigenvalue weighted by molar-refractivity contribution is 7.96. The largest absolute Gasteiger partial charge is 0.446 e. The van der Waals surface area contributed by atoms with Gasteiger partial charge in [-0.2, -0.15) is 3.38 Å². The fourth-order valence-corrected chi connectivity index (χ4v) is 6.46. The molecule has 0 bridgehead atoms. The van der Waals surface area contributed by atoms with Gasteiger partial charge in [0.25, 0.3) is 8.48 Å². The Hall–Kier alpha value is 1.05. The van der Waals surface area contributed by atoms with Crippen molar-refractivity contribution < 1.29 is 4.12 Å². The SMILES string of the molecule is C[SiH](C)O[Si](C)(C)N(S)S. The minimum atomic E-state index is -1.72. The lowest BCUT2D eigenvalue weighted by atomic mass is 11.9. The van der Waals surface area contributed by atoms with E-state index in [2.05, 4.69) is 51.8 Å². The van der Waals surface area contributed by atoms with Crippen LogP contribution in [0.1, 0.15) is 0 Å². The van der Waals surface area contributed by atoms with Gasteiger partial charge in [-0.1, -0.05) is 25.6 Å². The van der Waals surface area contributed by atoms with Gasteiger partial charge in [-0.05, 0) is 26.2 Å². The van der Waals surface area contributed by atoms with Crippen molar-refractivity contribution in [1.29, 1.82) is 0 Å². The third kappa shape index (κ3) is 4.04. The predicted octanol–water partition coefficient (Wildman–Crippen LogP) is 1.68. The van der Waals surface area contributed by atoms with Crippen LogP contribution in [0, 0.1) is 0 Å². The van der Waals surface area contributed by atoms with Gasteiger partial charge in [-0.3, -0.25) is 0 Å². The quantitative estimate of drug-likeness (QED) is 0.547. The third-order valence-corrected chi connectivity index (χ3v) is 9.05. The molecule has 6 heteroatoms. The molecule has 10 heavy (non-hydrogen) atoms. The molecule has 2 nitrogen and oxygen atoms in total. The molecule has 0 spiro atoms. The molecular weight excluding hydrogens is 198 g/mol. The van der Waals surface area contributed by atoms with E-state index in [1.165, 1.54) is 0 Å². The molecular formula is C4H15NOS2Si2. The van der Waals surface area contributed by atoms with E-state index >= 15 is 0 Å². The zero-order valence-electron chi connectivity index (χ0n) is 6.83. The first-order valence-corrected chi connectivity index (χ1v) is 9.65. The molecule has 0 aliphatic rings. The van der Waals surface area contributed by atoms with Crippen LogP contribution in [0.25, 0.3) is 0 Å². The second kappa shape index (κ2) is 4.17. The van der Waals surface area contributed by atoms with Crippen LogP contribution in [0.4, 0.5) is 0 Å². The fourth-order valence-electron chi connectivity index (χ4n) is 0.624. The summed E-state index contributed by atoms with van der Waals surface area (Å²) >= 11 is 8.22. The summed E-state index contributed by atoms with van der Waals surface area (Å²) in [5.41, 5.74) is 0. The lowest BCUT2D eigenvalue weighted by Gasteiger charge is -2.29. The molecule has 0 saturated carbocycles. The monoisotopic (exact) mass is 213 g/mol. The fraction of sp³-hybridized carbons (Fsp3) is 1.00. The van der Waals surface area contributed by atoms with Crippen LogP contribution in [-0.2, 0) is 4.12 Å². The van der Waals surface area contributed by atoms with Gasteiger partial charge in [0.2, 0.25) is 0 Å². The van der Waals surface area contributed by atoms with Gasteiger partial charge in [-0.15, -0.1) is 0 Å². The molecule has 0 rings (SSSR count). The Kier molecular flexibility index (Phi) is 4.61. The molecule has 0 aromatic rings. The average molecular weight is 213 g/mol. The van der Waals surface area contributed by atoms with Crippen LogP contribution in [0.2, 0.25) is 26.2 Å². The van der Waals surface area contributed by atoms with Crippen molar-refractivity contribution in [2.45, 2.75) is 26.2 Å². The van der Waals surface area contributed by atoms with Crippen molar-refractivity contribution in [2.24, 2.45) is 0 Å². The van der Waals surface area contributed by atoms with E-state index in [1.54, 1.807) is 3.38 Å². The lowest BCUT2D eigenvalue weighted by Crippen LogP contribution is -2.44. The number of hydrogen-bond acceptors (Lipinski definition) is 4. The predicted molar refractivity (Wildman–Crippen MR) is 57.3 cm³/mol. The van der Waals surface area contributed by atoms with Crippen molar-refractivity contribution in [2.75, 3.05) is 0 Å². The summed E-state index contributed by atoms with van der Waals surface area (Å²) in [5, 5.41) is 0. The highest BCUT2D eigenvalue weighted by Crippen LogP contribution is 2.16. The second-order valence-electron chi connectivity index (χ2n) is 2.90. The summed E-state index contributed by atoms with van der Waals surface area (Å²) in [6.07, 6.45) is 0. The Labute approximate surface area is 77.0 Å². The van der Waals surface area contributed by atoms with Crippen molar-refractivity contribution in [3.05, 3.63) is 0 Å². The Balaban J connectivity index is 3.87. The third-order valence-electron chi connectivity index (χ3n) is 1.01. The van der Waals surface area contributed by atoms with E-state index in [0.717, 1.165) is 0 Å². The molecule has 0 fully saturated rings. The number of hydrogen-bond donors (Lipinski definition) is 2. The zero-order valence-corrected chi connectivity index (χ0v) is 10.8. The van der Waals surface area contributed by atoms with E-state index in [1.807, 2.05) is 0 Å². The molecule has 0 unspecified atom stereocenters. The van der Waals surface area contributed by atoms with Gasteiger partial charge >= 0.3 is 0 Å². The van der Waals surface area contributed by atoms with Gasteiger partial charge in [0, 0.05) is 0 Å². The molecule has 0 radical (unpaired) electrons. The second-order valence-corrected chi connectivity index (χ2v) is 11.2. The first kappa shape index (κ1) is 11.1. The summed E-state index contributed by atoms with van der Waals surface area (Å²) in [4.78, 5) is 0. The molecule has 0 saturated heterocycles. The Morgan fingerprint density at radius 3 is 1.80 bits per heavy atom. The smallest absolute Gasteiger partial charge is 0.274 e. The van der Waals surface area contributed by atoms with E-state index in [4.69, 9.17) is 4.12 Å². The molecule has 0 aromatic heterocycles. The van der Waals surface area contributed by atoms with E-state index in [9.17, 15) is 0 Å². The van der Waals surface area contributed by atoms with Crippen LogP contribution < -0.4 is 0 Å². The zero-order chi connectivity index (χ0) is 8.36. The minimum absolute atomic E-state index is 0.929. The minimum Gasteiger partial charge on any atom is -0.446 e. The summed E-state index contributed by atoms with van der Waals surface area (Å²) in [6.45, 7) is 8.47. The van der Waals surface area contributed by atoms with Crippen molar-refractivity contribution in [1.82, 2.24) is 3.38 Å². The maximum Gasteiger partial charge on any atom is 0.274 e. The highest BCUT2D eigenvalue weighted by Gasteiger charge is 2.28. The molecule has 62 valence electrons. The van der Waals surface area contributed by atoms with Gasteiger partial charge in [0.05, 0.1) is 0 Å². The van der Waals surface area contributed by atoms with Gasteiger partial charge < -0.3 is 4.12 Å². The normalized spacial score (nSPS) is 13.2. The molecule has 0 N–H and O–H groups in total. The van der Waals surface area contributed by atoms with Gasteiger partial charge in [0.15, 0.2) is 9.04 Å². The lowest BCUT2D eigenvalue weighted by molar-refractivity contribution is 0.548. The maximum atomic E-state index is 5.75. The topological polar surface area (TPSA) is 12.5 Å². The molecule has 0 aromatic carbocycles. The van der Waals surface area contributed by atoms with Gasteiger partial charge in [-0.25, -0.2) is 0 Å². The number of thiol groups is 2. The maximum absolute atomic E-state index is 5.75.